The van der Waals surface area contributed by atoms with E-state index >= 15 is 0 Å². The van der Waals surface area contributed by atoms with E-state index in [4.69, 9.17) is 20.5 Å². The Morgan fingerprint density at radius 3 is 2.61 bits per heavy atom. The van der Waals surface area contributed by atoms with Crippen LogP contribution in [0.5, 0.6) is 5.75 Å². The van der Waals surface area contributed by atoms with Crippen molar-refractivity contribution in [2.24, 2.45) is 0 Å². The monoisotopic (exact) mass is 418 g/mol. The zero-order valence-corrected chi connectivity index (χ0v) is 17.2. The van der Waals surface area contributed by atoms with Crippen LogP contribution < -0.4 is 15.8 Å². The number of nitrogens with zero attached hydrogens (tertiary/aromatic N) is 4. The molecule has 2 aromatic carbocycles. The molecule has 0 saturated carbocycles. The van der Waals surface area contributed by atoms with Crippen LogP contribution in [0, 0.1) is 11.3 Å². The third-order valence-corrected chi connectivity index (χ3v) is 4.32. The highest BCUT2D eigenvalue weighted by Crippen LogP contribution is 2.19. The highest BCUT2D eigenvalue weighted by molar-refractivity contribution is 5.74. The number of aromatic nitrogens is 3. The largest absolute Gasteiger partial charge is 0.479 e. The summed E-state index contributed by atoms with van der Waals surface area (Å²) >= 11 is 0. The maximum Gasteiger partial charge on any atom is 0.347 e. The molecule has 0 amide bonds. The van der Waals surface area contributed by atoms with E-state index in [1.807, 2.05) is 37.3 Å². The number of aryl methyl sites for hydroxylation is 1. The number of nitrogen functional groups attached to an aromatic ring is 1. The Balaban J connectivity index is 1.61. The number of nitriles is 1. The molecule has 3 aromatic rings. The van der Waals surface area contributed by atoms with Gasteiger partial charge in [0.1, 0.15) is 5.75 Å². The molecule has 3 N–H and O–H groups in total. The van der Waals surface area contributed by atoms with Crippen molar-refractivity contribution in [2.75, 3.05) is 11.1 Å². The predicted molar refractivity (Wildman–Crippen MR) is 114 cm³/mol. The molecule has 158 valence electrons. The van der Waals surface area contributed by atoms with Crippen molar-refractivity contribution in [3.8, 4) is 11.8 Å². The molecule has 1 heterocycles. The molecular formula is C22H22N6O3. The first-order valence-electron chi connectivity index (χ1n) is 9.67. The first-order valence-corrected chi connectivity index (χ1v) is 9.67. The number of carbonyl (C=O) groups is 1. The molecule has 0 bridgehead atoms. The van der Waals surface area contributed by atoms with Crippen molar-refractivity contribution < 1.29 is 14.3 Å². The highest BCUT2D eigenvalue weighted by Gasteiger charge is 2.18. The zero-order valence-electron chi connectivity index (χ0n) is 17.2. The van der Waals surface area contributed by atoms with Gasteiger partial charge >= 0.3 is 5.97 Å². The van der Waals surface area contributed by atoms with E-state index < -0.39 is 12.1 Å². The summed E-state index contributed by atoms with van der Waals surface area (Å²) in [7, 11) is 0. The number of rotatable bonds is 8. The van der Waals surface area contributed by atoms with Gasteiger partial charge in [-0.05, 0) is 49.2 Å². The second-order valence-electron chi connectivity index (χ2n) is 6.57. The van der Waals surface area contributed by atoms with Crippen molar-refractivity contribution in [3.05, 3.63) is 65.5 Å². The van der Waals surface area contributed by atoms with E-state index in [9.17, 15) is 4.79 Å². The summed E-state index contributed by atoms with van der Waals surface area (Å²) in [5, 5.41) is 12.0. The average molecular weight is 418 g/mol. The normalized spacial score (nSPS) is 11.3. The van der Waals surface area contributed by atoms with E-state index in [0.717, 1.165) is 17.7 Å². The van der Waals surface area contributed by atoms with Gasteiger partial charge in [-0.3, -0.25) is 0 Å². The standard InChI is InChI=1S/C22H22N6O3/c1-3-16-6-4-5-7-18(16)25-22-27-19(26-21(24)28-22)13-30-20(29)14(2)31-17-10-8-15(12-23)9-11-17/h4-11,14H,3,13H2,1-2H3,(H3,24,25,26,27,28)/t14-/m1/s1. The molecule has 1 aromatic heterocycles. The SMILES string of the molecule is CCc1ccccc1Nc1nc(N)nc(COC(=O)[C@@H](C)Oc2ccc(C#N)cc2)n1. The Bertz CT molecular complexity index is 1100. The minimum Gasteiger partial charge on any atom is -0.479 e. The van der Waals surface area contributed by atoms with Crippen LogP contribution in [-0.2, 0) is 22.6 Å². The Morgan fingerprint density at radius 1 is 1.16 bits per heavy atom. The second kappa shape index (κ2) is 10.0. The molecule has 9 heteroatoms. The molecule has 0 unspecified atom stereocenters. The van der Waals surface area contributed by atoms with Crippen LogP contribution in [0.2, 0.25) is 0 Å². The van der Waals surface area contributed by atoms with Gasteiger partial charge < -0.3 is 20.5 Å². The third-order valence-electron chi connectivity index (χ3n) is 4.32. The molecule has 31 heavy (non-hydrogen) atoms. The summed E-state index contributed by atoms with van der Waals surface area (Å²) in [6, 6.07) is 16.2. The van der Waals surface area contributed by atoms with Gasteiger partial charge in [-0.15, -0.1) is 0 Å². The van der Waals surface area contributed by atoms with Crippen LogP contribution in [0.15, 0.2) is 48.5 Å². The first-order chi connectivity index (χ1) is 15.0. The summed E-state index contributed by atoms with van der Waals surface area (Å²) in [5.41, 5.74) is 8.25. The van der Waals surface area contributed by atoms with Crippen LogP contribution in [0.3, 0.4) is 0 Å². The number of ether oxygens (including phenoxy) is 2. The van der Waals surface area contributed by atoms with Gasteiger partial charge in [0.15, 0.2) is 18.5 Å². The van der Waals surface area contributed by atoms with Crippen molar-refractivity contribution in [1.82, 2.24) is 15.0 Å². The van der Waals surface area contributed by atoms with Crippen molar-refractivity contribution in [1.29, 1.82) is 5.26 Å². The van der Waals surface area contributed by atoms with Crippen LogP contribution in [0.4, 0.5) is 17.6 Å². The van der Waals surface area contributed by atoms with Gasteiger partial charge in [-0.1, -0.05) is 25.1 Å². The van der Waals surface area contributed by atoms with E-state index in [1.165, 1.54) is 0 Å². The molecule has 9 nitrogen and oxygen atoms in total. The van der Waals surface area contributed by atoms with Crippen molar-refractivity contribution >= 4 is 23.6 Å². The van der Waals surface area contributed by atoms with Gasteiger partial charge in [0.05, 0.1) is 11.6 Å². The minimum absolute atomic E-state index is 0.0133. The summed E-state index contributed by atoms with van der Waals surface area (Å²) < 4.78 is 10.8. The molecule has 0 aliphatic heterocycles. The van der Waals surface area contributed by atoms with Crippen LogP contribution >= 0.6 is 0 Å². The predicted octanol–water partition coefficient (Wildman–Crippen LogP) is 3.14. The summed E-state index contributed by atoms with van der Waals surface area (Å²) in [6.07, 6.45) is -0.0214. The topological polar surface area (TPSA) is 136 Å². The number of nitrogens with one attached hydrogen (secondary N) is 1. The number of carbonyl (C=O) groups excluding carboxylic acids is 1. The third kappa shape index (κ3) is 5.90. The quantitative estimate of drug-likeness (QED) is 0.529. The summed E-state index contributed by atoms with van der Waals surface area (Å²) in [6.45, 7) is 3.43. The Hall–Kier alpha value is -4.19. The number of para-hydroxylation sites is 1. The lowest BCUT2D eigenvalue weighted by Crippen LogP contribution is -2.26. The Morgan fingerprint density at radius 2 is 1.90 bits per heavy atom. The Kier molecular flexibility index (Phi) is 6.96. The molecule has 0 aliphatic carbocycles. The van der Waals surface area contributed by atoms with Crippen molar-refractivity contribution in [3.63, 3.8) is 0 Å². The number of nitrogens with two attached hydrogens (primary N) is 1. The molecular weight excluding hydrogens is 396 g/mol. The van der Waals surface area contributed by atoms with Crippen LogP contribution in [-0.4, -0.2) is 27.0 Å². The molecule has 0 spiro atoms. The van der Waals surface area contributed by atoms with Gasteiger partial charge in [0.25, 0.3) is 0 Å². The highest BCUT2D eigenvalue weighted by atomic mass is 16.6. The van der Waals surface area contributed by atoms with Crippen LogP contribution in [0.1, 0.15) is 30.8 Å². The minimum atomic E-state index is -0.860. The van der Waals surface area contributed by atoms with Crippen LogP contribution in [0.25, 0.3) is 0 Å². The summed E-state index contributed by atoms with van der Waals surface area (Å²) in [4.78, 5) is 24.7. The van der Waals surface area contributed by atoms with E-state index in [0.29, 0.717) is 11.3 Å². The molecule has 1 atom stereocenters. The molecule has 0 aliphatic rings. The Labute approximate surface area is 179 Å². The molecule has 3 rings (SSSR count). The van der Waals surface area contributed by atoms with Gasteiger partial charge in [-0.25, -0.2) is 4.79 Å². The van der Waals surface area contributed by atoms with E-state index in [-0.39, 0.29) is 24.3 Å². The molecule has 0 saturated heterocycles. The maximum atomic E-state index is 12.3. The maximum absolute atomic E-state index is 12.3. The average Bonchev–Trinajstić information content (AvgIpc) is 2.78. The number of hydrogen-bond acceptors (Lipinski definition) is 9. The van der Waals surface area contributed by atoms with Crippen molar-refractivity contribution in [2.45, 2.75) is 33.0 Å². The number of esters is 1. The zero-order chi connectivity index (χ0) is 22.2. The lowest BCUT2D eigenvalue weighted by atomic mass is 10.1. The number of anilines is 3. The first kappa shape index (κ1) is 21.5. The number of hydrogen-bond donors (Lipinski definition) is 2. The fourth-order valence-electron chi connectivity index (χ4n) is 2.74. The lowest BCUT2D eigenvalue weighted by Gasteiger charge is -2.14. The van der Waals surface area contributed by atoms with Gasteiger partial charge in [0, 0.05) is 5.69 Å². The fraction of sp³-hybridized carbons (Fsp3) is 0.227. The van der Waals surface area contributed by atoms with Gasteiger partial charge in [0.2, 0.25) is 11.9 Å². The fourth-order valence-corrected chi connectivity index (χ4v) is 2.74. The molecule has 0 fully saturated rings. The number of benzene rings is 2. The second-order valence-corrected chi connectivity index (χ2v) is 6.57. The van der Waals surface area contributed by atoms with Gasteiger partial charge in [-0.2, -0.15) is 20.2 Å². The lowest BCUT2D eigenvalue weighted by molar-refractivity contribution is -0.152. The smallest absolute Gasteiger partial charge is 0.347 e. The van der Waals surface area contributed by atoms with E-state index in [1.54, 1.807) is 31.2 Å². The molecule has 0 radical (unpaired) electrons. The van der Waals surface area contributed by atoms with E-state index in [2.05, 4.69) is 20.3 Å². The summed E-state index contributed by atoms with van der Waals surface area (Å²) in [5.74, 6) is 0.353.